The third kappa shape index (κ3) is 3.45. The summed E-state index contributed by atoms with van der Waals surface area (Å²) in [6.45, 7) is 2.91. The molecule has 1 fully saturated rings. The van der Waals surface area contributed by atoms with Gasteiger partial charge in [-0.15, -0.1) is 0 Å². The molecule has 6 heteroatoms. The Labute approximate surface area is 119 Å². The zero-order valence-electron chi connectivity index (χ0n) is 10.6. The fourth-order valence-corrected chi connectivity index (χ4v) is 2.50. The molecular weight excluding hydrogens is 315 g/mol. The summed E-state index contributed by atoms with van der Waals surface area (Å²) in [6.07, 6.45) is 0.200. The number of likely N-dealkylation sites (tertiary alicyclic amines) is 1. The Hall–Kier alpha value is -1.14. The Morgan fingerprint density at radius 3 is 2.95 bits per heavy atom. The number of rotatable bonds is 3. The highest BCUT2D eigenvalue weighted by atomic mass is 79.9. The Morgan fingerprint density at radius 2 is 2.37 bits per heavy atom. The number of halogens is 2. The lowest BCUT2D eigenvalue weighted by Gasteiger charge is -2.22. The Bertz CT molecular complexity index is 484. The molecule has 1 aliphatic heterocycles. The average molecular weight is 331 g/mol. The molecule has 1 heterocycles. The maximum Gasteiger partial charge on any atom is 0.263 e. The number of amides is 1. The summed E-state index contributed by atoms with van der Waals surface area (Å²) in [4.78, 5) is 13.8. The van der Waals surface area contributed by atoms with Gasteiger partial charge >= 0.3 is 0 Å². The molecule has 2 N–H and O–H groups in total. The summed E-state index contributed by atoms with van der Waals surface area (Å²) in [5.74, 6) is -0.00126. The maximum absolute atomic E-state index is 13.0. The zero-order chi connectivity index (χ0) is 14.0. The Kier molecular flexibility index (Phi) is 4.42. The van der Waals surface area contributed by atoms with E-state index in [-0.39, 0.29) is 17.8 Å². The topological polar surface area (TPSA) is 55.6 Å². The number of carbonyl (C=O) groups is 1. The lowest BCUT2D eigenvalue weighted by atomic mass is 10.3. The molecular formula is C13H16BrFN2O2. The minimum absolute atomic E-state index is 0.0497. The van der Waals surface area contributed by atoms with E-state index in [1.54, 1.807) is 11.8 Å². The van der Waals surface area contributed by atoms with Crippen molar-refractivity contribution in [3.8, 4) is 5.75 Å². The highest BCUT2D eigenvalue weighted by molar-refractivity contribution is 9.10. The van der Waals surface area contributed by atoms with E-state index in [1.807, 2.05) is 0 Å². The Morgan fingerprint density at radius 1 is 1.63 bits per heavy atom. The number of carbonyl (C=O) groups excluding carboxylic acids is 1. The van der Waals surface area contributed by atoms with E-state index in [9.17, 15) is 9.18 Å². The monoisotopic (exact) mass is 330 g/mol. The first-order valence-corrected chi connectivity index (χ1v) is 6.92. The highest BCUT2D eigenvalue weighted by Crippen LogP contribution is 2.26. The molecule has 0 aliphatic carbocycles. The van der Waals surface area contributed by atoms with Crippen molar-refractivity contribution >= 4 is 21.8 Å². The molecule has 1 aromatic carbocycles. The van der Waals surface area contributed by atoms with Crippen molar-refractivity contribution in [1.82, 2.24) is 4.90 Å². The molecule has 2 rings (SSSR count). The second-order valence-corrected chi connectivity index (χ2v) is 5.52. The van der Waals surface area contributed by atoms with Crippen LogP contribution in [0.25, 0.3) is 0 Å². The molecule has 1 aromatic rings. The van der Waals surface area contributed by atoms with E-state index in [2.05, 4.69) is 15.9 Å². The molecule has 0 saturated carbocycles. The molecule has 0 spiro atoms. The molecule has 0 aromatic heterocycles. The maximum atomic E-state index is 13.0. The zero-order valence-corrected chi connectivity index (χ0v) is 12.2. The van der Waals surface area contributed by atoms with Crippen LogP contribution in [0.2, 0.25) is 0 Å². The fourth-order valence-electron chi connectivity index (χ4n) is 2.06. The van der Waals surface area contributed by atoms with Crippen LogP contribution in [0.3, 0.4) is 0 Å². The van der Waals surface area contributed by atoms with E-state index in [0.717, 1.165) is 6.42 Å². The third-order valence-electron chi connectivity index (χ3n) is 3.08. The standard InChI is InChI=1S/C13H16BrFN2O2/c1-8(13(18)17-5-4-10(16)7-17)19-12-3-2-9(15)6-11(12)14/h2-3,6,8,10H,4-5,7,16H2,1H3. The van der Waals surface area contributed by atoms with Crippen LogP contribution < -0.4 is 10.5 Å². The van der Waals surface area contributed by atoms with Crippen LogP contribution in [0.15, 0.2) is 22.7 Å². The first-order chi connectivity index (χ1) is 8.97. The van der Waals surface area contributed by atoms with Gasteiger partial charge < -0.3 is 15.4 Å². The Balaban J connectivity index is 2.00. The lowest BCUT2D eigenvalue weighted by molar-refractivity contribution is -0.136. The molecule has 0 bridgehead atoms. The van der Waals surface area contributed by atoms with Crippen molar-refractivity contribution in [3.63, 3.8) is 0 Å². The van der Waals surface area contributed by atoms with E-state index in [1.165, 1.54) is 18.2 Å². The SMILES string of the molecule is CC(Oc1ccc(F)cc1Br)C(=O)N1CCC(N)C1. The normalized spacial score (nSPS) is 20.4. The molecule has 19 heavy (non-hydrogen) atoms. The lowest BCUT2D eigenvalue weighted by Crippen LogP contribution is -2.40. The van der Waals surface area contributed by atoms with Gasteiger partial charge in [0.1, 0.15) is 11.6 Å². The van der Waals surface area contributed by atoms with Gasteiger partial charge in [-0.2, -0.15) is 0 Å². The summed E-state index contributed by atoms with van der Waals surface area (Å²) in [5.41, 5.74) is 5.77. The number of nitrogens with two attached hydrogens (primary N) is 1. The van der Waals surface area contributed by atoms with Crippen LogP contribution in [-0.4, -0.2) is 36.0 Å². The number of hydrogen-bond acceptors (Lipinski definition) is 3. The summed E-state index contributed by atoms with van der Waals surface area (Å²) in [7, 11) is 0. The molecule has 2 unspecified atom stereocenters. The summed E-state index contributed by atoms with van der Waals surface area (Å²) in [5, 5.41) is 0. The number of benzene rings is 1. The molecule has 104 valence electrons. The van der Waals surface area contributed by atoms with Gasteiger partial charge in [0.25, 0.3) is 5.91 Å². The molecule has 1 aliphatic rings. The van der Waals surface area contributed by atoms with Crippen molar-refractivity contribution in [3.05, 3.63) is 28.5 Å². The van der Waals surface area contributed by atoms with Crippen molar-refractivity contribution in [2.45, 2.75) is 25.5 Å². The van der Waals surface area contributed by atoms with Gasteiger partial charge in [0, 0.05) is 19.1 Å². The predicted octanol–water partition coefficient (Wildman–Crippen LogP) is 1.92. The van der Waals surface area contributed by atoms with Gasteiger partial charge in [0.15, 0.2) is 6.10 Å². The fraction of sp³-hybridized carbons (Fsp3) is 0.462. The van der Waals surface area contributed by atoms with E-state index < -0.39 is 6.10 Å². The van der Waals surface area contributed by atoms with Crippen LogP contribution in [0, 0.1) is 5.82 Å². The van der Waals surface area contributed by atoms with Crippen molar-refractivity contribution in [2.75, 3.05) is 13.1 Å². The first kappa shape index (κ1) is 14.3. The number of hydrogen-bond donors (Lipinski definition) is 1. The van der Waals surface area contributed by atoms with Gasteiger partial charge in [-0.05, 0) is 47.5 Å². The molecule has 0 radical (unpaired) electrons. The van der Waals surface area contributed by atoms with Crippen molar-refractivity contribution in [1.29, 1.82) is 0 Å². The van der Waals surface area contributed by atoms with Gasteiger partial charge in [-0.1, -0.05) is 0 Å². The number of ether oxygens (including phenoxy) is 1. The summed E-state index contributed by atoms with van der Waals surface area (Å²) < 4.78 is 19.0. The van der Waals surface area contributed by atoms with Crippen LogP contribution >= 0.6 is 15.9 Å². The van der Waals surface area contributed by atoms with Gasteiger partial charge in [-0.3, -0.25) is 4.79 Å². The van der Waals surface area contributed by atoms with E-state index in [4.69, 9.17) is 10.5 Å². The summed E-state index contributed by atoms with van der Waals surface area (Å²) >= 11 is 3.21. The second-order valence-electron chi connectivity index (χ2n) is 4.67. The minimum atomic E-state index is -0.618. The number of nitrogens with zero attached hydrogens (tertiary/aromatic N) is 1. The quantitative estimate of drug-likeness (QED) is 0.921. The smallest absolute Gasteiger partial charge is 0.263 e. The van der Waals surface area contributed by atoms with Crippen molar-refractivity contribution < 1.29 is 13.9 Å². The van der Waals surface area contributed by atoms with Crippen LogP contribution in [-0.2, 0) is 4.79 Å². The van der Waals surface area contributed by atoms with E-state index in [0.29, 0.717) is 23.3 Å². The molecule has 1 saturated heterocycles. The average Bonchev–Trinajstić information content (AvgIpc) is 2.78. The molecule has 1 amide bonds. The van der Waals surface area contributed by atoms with Gasteiger partial charge in [-0.25, -0.2) is 4.39 Å². The second kappa shape index (κ2) is 5.88. The van der Waals surface area contributed by atoms with Crippen LogP contribution in [0.4, 0.5) is 4.39 Å². The van der Waals surface area contributed by atoms with Crippen LogP contribution in [0.5, 0.6) is 5.75 Å². The van der Waals surface area contributed by atoms with Crippen LogP contribution in [0.1, 0.15) is 13.3 Å². The third-order valence-corrected chi connectivity index (χ3v) is 3.70. The molecule has 4 nitrogen and oxygen atoms in total. The minimum Gasteiger partial charge on any atom is -0.480 e. The van der Waals surface area contributed by atoms with Crippen molar-refractivity contribution in [2.24, 2.45) is 5.73 Å². The largest absolute Gasteiger partial charge is 0.480 e. The van der Waals surface area contributed by atoms with E-state index >= 15 is 0 Å². The van der Waals surface area contributed by atoms with Gasteiger partial charge in [0.05, 0.1) is 4.47 Å². The predicted molar refractivity (Wildman–Crippen MR) is 73.4 cm³/mol. The first-order valence-electron chi connectivity index (χ1n) is 6.13. The van der Waals surface area contributed by atoms with Gasteiger partial charge in [0.2, 0.25) is 0 Å². The molecule has 2 atom stereocenters. The highest BCUT2D eigenvalue weighted by Gasteiger charge is 2.28. The summed E-state index contributed by atoms with van der Waals surface area (Å²) in [6, 6.07) is 4.15.